The molecule has 0 fully saturated rings. The minimum Gasteiger partial charge on any atom is -0.301 e. The largest absolute Gasteiger partial charge is 0.301 e. The maximum absolute atomic E-state index is 13.1. The van der Waals surface area contributed by atoms with Gasteiger partial charge in [-0.1, -0.05) is 79.3 Å². The molecule has 180 valence electrons. The molecule has 0 spiro atoms. The predicted molar refractivity (Wildman–Crippen MR) is 146 cm³/mol. The lowest BCUT2D eigenvalue weighted by molar-refractivity contribution is -0.115. The molecule has 36 heavy (non-hydrogen) atoms. The second-order valence-electron chi connectivity index (χ2n) is 8.82. The molecule has 0 saturated carbocycles. The fourth-order valence-electron chi connectivity index (χ4n) is 4.54. The molecular formula is C29H26N4OS2. The number of fused-ring (bicyclic) bond motifs is 1. The predicted octanol–water partition coefficient (Wildman–Crippen LogP) is 6.86. The number of amides is 1. The van der Waals surface area contributed by atoms with Gasteiger partial charge in [0.2, 0.25) is 5.91 Å². The van der Waals surface area contributed by atoms with E-state index in [1.54, 1.807) is 0 Å². The molecule has 0 saturated heterocycles. The normalized spacial score (nSPS) is 15.5. The van der Waals surface area contributed by atoms with Gasteiger partial charge in [-0.2, -0.15) is 5.26 Å². The Kier molecular flexibility index (Phi) is 7.45. The Hall–Kier alpha value is -3.47. The first-order chi connectivity index (χ1) is 17.6. The van der Waals surface area contributed by atoms with E-state index in [-0.39, 0.29) is 11.2 Å². The van der Waals surface area contributed by atoms with Crippen molar-refractivity contribution < 1.29 is 4.79 Å². The van der Waals surface area contributed by atoms with Crippen molar-refractivity contribution in [2.24, 2.45) is 0 Å². The number of hydrogen-bond acceptors (Lipinski definition) is 6. The minimum atomic E-state index is -0.368. The summed E-state index contributed by atoms with van der Waals surface area (Å²) in [6.45, 7) is 1.98. The summed E-state index contributed by atoms with van der Waals surface area (Å²) in [5.74, 6) is 0.322. The fourth-order valence-corrected chi connectivity index (χ4v) is 6.26. The van der Waals surface area contributed by atoms with Crippen LogP contribution in [0.3, 0.4) is 0 Å². The first-order valence-corrected chi connectivity index (χ1v) is 13.9. The van der Waals surface area contributed by atoms with Crippen molar-refractivity contribution in [3.63, 3.8) is 0 Å². The molecule has 0 radical (unpaired) electrons. The highest BCUT2D eigenvalue weighted by Crippen LogP contribution is 2.36. The van der Waals surface area contributed by atoms with Crippen LogP contribution in [0.2, 0.25) is 0 Å². The first-order valence-electron chi connectivity index (χ1n) is 12.1. The van der Waals surface area contributed by atoms with E-state index in [1.165, 1.54) is 28.7 Å². The van der Waals surface area contributed by atoms with Crippen molar-refractivity contribution in [2.45, 2.75) is 48.8 Å². The molecule has 1 amide bonds. The van der Waals surface area contributed by atoms with Gasteiger partial charge < -0.3 is 5.32 Å². The van der Waals surface area contributed by atoms with Gasteiger partial charge in [-0.05, 0) is 48.8 Å². The lowest BCUT2D eigenvalue weighted by atomic mass is 9.82. The van der Waals surface area contributed by atoms with E-state index in [0.717, 1.165) is 41.8 Å². The van der Waals surface area contributed by atoms with Gasteiger partial charge in [-0.25, -0.2) is 9.97 Å². The number of aryl methyl sites for hydroxylation is 1. The van der Waals surface area contributed by atoms with E-state index in [9.17, 15) is 10.1 Å². The number of aromatic nitrogens is 2. The third kappa shape index (κ3) is 5.35. The lowest BCUT2D eigenvalue weighted by Crippen LogP contribution is -2.25. The van der Waals surface area contributed by atoms with Crippen molar-refractivity contribution in [1.82, 2.24) is 9.97 Å². The standard InChI is InChI=1S/C29H26N4OS2/c1-2-26(27(34)33-29-32-25(18-35-29)20-11-7-4-8-12-20)36-28-23(17-30)16-22-15-21(13-14-24(22)31-28)19-9-5-3-6-10-19/h3-12,16,18,21,26H,2,13-15H2,1H3,(H,32,33,34). The molecule has 1 aliphatic rings. The molecule has 4 aromatic rings. The Morgan fingerprint density at radius 3 is 2.64 bits per heavy atom. The smallest absolute Gasteiger partial charge is 0.239 e. The van der Waals surface area contributed by atoms with Gasteiger partial charge in [0, 0.05) is 16.6 Å². The summed E-state index contributed by atoms with van der Waals surface area (Å²) in [6.07, 6.45) is 3.41. The maximum atomic E-state index is 13.1. The van der Waals surface area contributed by atoms with Crippen LogP contribution in [-0.4, -0.2) is 21.1 Å². The van der Waals surface area contributed by atoms with Crippen LogP contribution in [0.4, 0.5) is 5.13 Å². The molecule has 7 heteroatoms. The molecular weight excluding hydrogens is 484 g/mol. The Balaban J connectivity index is 1.30. The zero-order valence-corrected chi connectivity index (χ0v) is 21.6. The highest BCUT2D eigenvalue weighted by molar-refractivity contribution is 8.00. The molecule has 0 bridgehead atoms. The van der Waals surface area contributed by atoms with Crippen LogP contribution in [0.1, 0.15) is 48.1 Å². The van der Waals surface area contributed by atoms with Gasteiger partial charge in [0.25, 0.3) is 0 Å². The molecule has 0 aliphatic heterocycles. The average molecular weight is 511 g/mol. The Morgan fingerprint density at radius 2 is 1.92 bits per heavy atom. The SMILES string of the molecule is CCC(Sc1nc2c(cc1C#N)CC(c1ccccc1)CC2)C(=O)Nc1nc(-c2ccccc2)cs1. The Bertz CT molecular complexity index is 1400. The monoisotopic (exact) mass is 510 g/mol. The van der Waals surface area contributed by atoms with Crippen molar-refractivity contribution in [2.75, 3.05) is 5.32 Å². The van der Waals surface area contributed by atoms with Crippen LogP contribution < -0.4 is 5.32 Å². The number of nitriles is 1. The molecule has 2 aromatic carbocycles. The summed E-state index contributed by atoms with van der Waals surface area (Å²) in [5.41, 5.74) is 5.92. The minimum absolute atomic E-state index is 0.121. The number of nitrogens with one attached hydrogen (secondary N) is 1. The van der Waals surface area contributed by atoms with Gasteiger partial charge in [0.15, 0.2) is 5.13 Å². The van der Waals surface area contributed by atoms with Crippen LogP contribution in [-0.2, 0) is 17.6 Å². The number of thiazole rings is 1. The van der Waals surface area contributed by atoms with Crippen molar-refractivity contribution in [1.29, 1.82) is 5.26 Å². The second kappa shape index (κ2) is 11.1. The Labute approximate surface area is 219 Å². The van der Waals surface area contributed by atoms with Crippen molar-refractivity contribution in [3.8, 4) is 17.3 Å². The third-order valence-electron chi connectivity index (χ3n) is 6.46. The quantitative estimate of drug-likeness (QED) is 0.275. The van der Waals surface area contributed by atoms with Gasteiger partial charge in [-0.15, -0.1) is 11.3 Å². The van der Waals surface area contributed by atoms with Gasteiger partial charge >= 0.3 is 0 Å². The number of nitrogens with zero attached hydrogens (tertiary/aromatic N) is 3. The van der Waals surface area contributed by atoms with Gasteiger partial charge in [0.1, 0.15) is 11.1 Å². The van der Waals surface area contributed by atoms with E-state index in [4.69, 9.17) is 4.98 Å². The number of thioether (sulfide) groups is 1. The zero-order chi connectivity index (χ0) is 24.9. The molecule has 2 heterocycles. The molecule has 1 N–H and O–H groups in total. The second-order valence-corrected chi connectivity index (χ2v) is 10.9. The fraction of sp³-hybridized carbons (Fsp3) is 0.241. The van der Waals surface area contributed by atoms with E-state index < -0.39 is 0 Å². The van der Waals surface area contributed by atoms with E-state index in [1.807, 2.05) is 54.8 Å². The highest BCUT2D eigenvalue weighted by atomic mass is 32.2. The molecule has 5 nitrogen and oxygen atoms in total. The first kappa shape index (κ1) is 24.2. The number of hydrogen-bond donors (Lipinski definition) is 1. The summed E-state index contributed by atoms with van der Waals surface area (Å²) in [4.78, 5) is 22.6. The maximum Gasteiger partial charge on any atom is 0.239 e. The molecule has 5 rings (SSSR count). The van der Waals surface area contributed by atoms with Crippen molar-refractivity contribution >= 4 is 34.1 Å². The van der Waals surface area contributed by atoms with Gasteiger partial charge in [-0.3, -0.25) is 4.79 Å². The number of carbonyl (C=O) groups excluding carboxylic acids is 1. The number of carbonyl (C=O) groups is 1. The van der Waals surface area contributed by atoms with Crippen LogP contribution in [0.15, 0.2) is 77.1 Å². The number of pyridine rings is 1. The van der Waals surface area contributed by atoms with Crippen molar-refractivity contribution in [3.05, 3.63) is 94.5 Å². The molecule has 2 atom stereocenters. The number of benzene rings is 2. The number of rotatable bonds is 7. The summed E-state index contributed by atoms with van der Waals surface area (Å²) < 4.78 is 0. The molecule has 2 unspecified atom stereocenters. The van der Waals surface area contributed by atoms with Gasteiger partial charge in [0.05, 0.1) is 16.5 Å². The van der Waals surface area contributed by atoms with E-state index >= 15 is 0 Å². The van der Waals surface area contributed by atoms with E-state index in [2.05, 4.69) is 40.6 Å². The number of anilines is 1. The Morgan fingerprint density at radius 1 is 1.17 bits per heavy atom. The third-order valence-corrected chi connectivity index (χ3v) is 8.59. The molecule has 2 aromatic heterocycles. The van der Waals surface area contributed by atoms with Crippen LogP contribution in [0.25, 0.3) is 11.3 Å². The highest BCUT2D eigenvalue weighted by Gasteiger charge is 2.26. The van der Waals surface area contributed by atoms with Crippen LogP contribution in [0.5, 0.6) is 0 Å². The lowest BCUT2D eigenvalue weighted by Gasteiger charge is -2.25. The summed E-state index contributed by atoms with van der Waals surface area (Å²) in [5, 5.41) is 15.6. The summed E-state index contributed by atoms with van der Waals surface area (Å²) in [6, 6.07) is 24.7. The summed E-state index contributed by atoms with van der Waals surface area (Å²) in [7, 11) is 0. The van der Waals surface area contributed by atoms with Crippen LogP contribution >= 0.6 is 23.1 Å². The van der Waals surface area contributed by atoms with Crippen LogP contribution in [0, 0.1) is 11.3 Å². The average Bonchev–Trinajstić information content (AvgIpc) is 3.40. The molecule has 1 aliphatic carbocycles. The van der Waals surface area contributed by atoms with E-state index in [0.29, 0.717) is 28.1 Å². The zero-order valence-electron chi connectivity index (χ0n) is 20.0. The topological polar surface area (TPSA) is 78.7 Å². The summed E-state index contributed by atoms with van der Waals surface area (Å²) >= 11 is 2.78.